The van der Waals surface area contributed by atoms with Crippen LogP contribution in [0.2, 0.25) is 0 Å². The normalized spacial score (nSPS) is 16.3. The molecule has 0 amide bonds. The van der Waals surface area contributed by atoms with Crippen LogP contribution < -0.4 is 4.57 Å². The second-order valence-electron chi connectivity index (χ2n) is 5.10. The highest BCUT2D eigenvalue weighted by Gasteiger charge is 2.47. The van der Waals surface area contributed by atoms with Crippen molar-refractivity contribution in [2.24, 2.45) is 7.05 Å². The standard InChI is InChI=1S/C13H17N2O/c1-8-11-12-10(6-7-16-12)13(3,4)15(11)9(2)14(8)5/h6-7H,1-5H3/q+1. The third-order valence-corrected chi connectivity index (χ3v) is 3.98. The highest BCUT2D eigenvalue weighted by atomic mass is 16.3. The van der Waals surface area contributed by atoms with Gasteiger partial charge in [0.05, 0.1) is 13.3 Å². The Labute approximate surface area is 95.3 Å². The number of aromatic nitrogens is 2. The molecule has 3 heterocycles. The van der Waals surface area contributed by atoms with Crippen molar-refractivity contribution in [2.45, 2.75) is 33.2 Å². The molecule has 84 valence electrons. The van der Waals surface area contributed by atoms with Crippen molar-refractivity contribution in [3.8, 4) is 11.5 Å². The molecular weight excluding hydrogens is 200 g/mol. The van der Waals surface area contributed by atoms with Gasteiger partial charge in [-0.3, -0.25) is 0 Å². The molecule has 0 saturated heterocycles. The monoisotopic (exact) mass is 217 g/mol. The fraction of sp³-hybridized carbons (Fsp3) is 0.462. The average Bonchev–Trinajstić information content (AvgIpc) is 2.82. The van der Waals surface area contributed by atoms with Gasteiger partial charge < -0.3 is 4.42 Å². The molecule has 2 aromatic rings. The topological polar surface area (TPSA) is 21.9 Å². The summed E-state index contributed by atoms with van der Waals surface area (Å²) in [5.41, 5.74) is 3.77. The second-order valence-corrected chi connectivity index (χ2v) is 5.10. The molecule has 0 spiro atoms. The Kier molecular flexibility index (Phi) is 1.57. The molecule has 1 aliphatic heterocycles. The maximum Gasteiger partial charge on any atom is 0.254 e. The van der Waals surface area contributed by atoms with E-state index in [4.69, 9.17) is 4.42 Å². The minimum atomic E-state index is -0.00618. The third kappa shape index (κ3) is 0.833. The van der Waals surface area contributed by atoms with Gasteiger partial charge in [-0.2, -0.15) is 0 Å². The summed E-state index contributed by atoms with van der Waals surface area (Å²) in [6, 6.07) is 2.08. The van der Waals surface area contributed by atoms with Gasteiger partial charge in [0, 0.05) is 19.4 Å². The van der Waals surface area contributed by atoms with E-state index in [9.17, 15) is 0 Å². The van der Waals surface area contributed by atoms with E-state index in [-0.39, 0.29) is 5.54 Å². The van der Waals surface area contributed by atoms with E-state index in [2.05, 4.69) is 49.9 Å². The molecule has 0 atom stereocenters. The minimum absolute atomic E-state index is 0.00618. The smallest absolute Gasteiger partial charge is 0.254 e. The van der Waals surface area contributed by atoms with Crippen LogP contribution in [-0.4, -0.2) is 4.57 Å². The van der Waals surface area contributed by atoms with Gasteiger partial charge in [0.2, 0.25) is 5.69 Å². The minimum Gasteiger partial charge on any atom is -0.460 e. The Bertz CT molecular complexity index is 587. The quantitative estimate of drug-likeness (QED) is 0.620. The van der Waals surface area contributed by atoms with Gasteiger partial charge in [-0.25, -0.2) is 9.13 Å². The molecular formula is C13H17N2O+. The number of hydrogen-bond acceptors (Lipinski definition) is 1. The number of furan rings is 1. The predicted octanol–water partition coefficient (Wildman–Crippen LogP) is 2.29. The van der Waals surface area contributed by atoms with Crippen molar-refractivity contribution in [2.75, 3.05) is 0 Å². The zero-order valence-corrected chi connectivity index (χ0v) is 10.5. The molecule has 3 rings (SSSR count). The summed E-state index contributed by atoms with van der Waals surface area (Å²) in [5.74, 6) is 2.30. The largest absolute Gasteiger partial charge is 0.460 e. The molecule has 0 radical (unpaired) electrons. The zero-order chi connectivity index (χ0) is 11.7. The molecule has 0 bridgehead atoms. The SMILES string of the molecule is Cc1c2[n+](c(C)n1C)C(C)(C)c1ccoc1-2. The van der Waals surface area contributed by atoms with Gasteiger partial charge >= 0.3 is 0 Å². The lowest BCUT2D eigenvalue weighted by Crippen LogP contribution is -2.52. The molecule has 0 unspecified atom stereocenters. The van der Waals surface area contributed by atoms with Crippen LogP contribution in [0, 0.1) is 13.8 Å². The van der Waals surface area contributed by atoms with Crippen LogP contribution in [0.25, 0.3) is 11.5 Å². The molecule has 16 heavy (non-hydrogen) atoms. The van der Waals surface area contributed by atoms with Gasteiger partial charge in [-0.1, -0.05) is 0 Å². The molecule has 0 aliphatic carbocycles. The van der Waals surface area contributed by atoms with Gasteiger partial charge in [0.25, 0.3) is 5.82 Å². The van der Waals surface area contributed by atoms with Gasteiger partial charge in [0.15, 0.2) is 11.5 Å². The van der Waals surface area contributed by atoms with Crippen molar-refractivity contribution >= 4 is 0 Å². The van der Waals surface area contributed by atoms with E-state index >= 15 is 0 Å². The van der Waals surface area contributed by atoms with Crippen LogP contribution in [0.3, 0.4) is 0 Å². The van der Waals surface area contributed by atoms with Crippen LogP contribution in [-0.2, 0) is 12.6 Å². The fourth-order valence-electron chi connectivity index (χ4n) is 2.92. The lowest BCUT2D eigenvalue weighted by molar-refractivity contribution is -0.737. The molecule has 3 heteroatoms. The first kappa shape index (κ1) is 9.70. The number of fused-ring (bicyclic) bond motifs is 3. The summed E-state index contributed by atoms with van der Waals surface area (Å²) < 4.78 is 10.2. The van der Waals surface area contributed by atoms with Crippen LogP contribution in [0.5, 0.6) is 0 Å². The summed E-state index contributed by atoms with van der Waals surface area (Å²) in [7, 11) is 2.11. The Hall–Kier alpha value is -1.51. The summed E-state index contributed by atoms with van der Waals surface area (Å²) >= 11 is 0. The number of hydrogen-bond donors (Lipinski definition) is 0. The van der Waals surface area contributed by atoms with E-state index in [0.717, 1.165) is 5.76 Å². The number of rotatable bonds is 0. The highest BCUT2D eigenvalue weighted by Crippen LogP contribution is 2.40. The Morgan fingerprint density at radius 3 is 2.69 bits per heavy atom. The van der Waals surface area contributed by atoms with E-state index in [1.165, 1.54) is 22.8 Å². The molecule has 0 fully saturated rings. The van der Waals surface area contributed by atoms with Gasteiger partial charge in [0.1, 0.15) is 5.54 Å². The molecule has 2 aromatic heterocycles. The van der Waals surface area contributed by atoms with Crippen LogP contribution in [0.1, 0.15) is 30.9 Å². The van der Waals surface area contributed by atoms with Crippen LogP contribution in [0.15, 0.2) is 16.7 Å². The van der Waals surface area contributed by atoms with Crippen molar-refractivity contribution in [1.29, 1.82) is 0 Å². The van der Waals surface area contributed by atoms with Crippen LogP contribution >= 0.6 is 0 Å². The summed E-state index contributed by atoms with van der Waals surface area (Å²) in [4.78, 5) is 0. The maximum absolute atomic E-state index is 5.65. The highest BCUT2D eigenvalue weighted by molar-refractivity contribution is 5.61. The Morgan fingerprint density at radius 1 is 1.31 bits per heavy atom. The number of imidazole rings is 1. The van der Waals surface area contributed by atoms with Crippen molar-refractivity contribution in [3.63, 3.8) is 0 Å². The first-order valence-electron chi connectivity index (χ1n) is 5.63. The van der Waals surface area contributed by atoms with Crippen molar-refractivity contribution in [3.05, 3.63) is 29.4 Å². The van der Waals surface area contributed by atoms with Gasteiger partial charge in [-0.15, -0.1) is 0 Å². The van der Waals surface area contributed by atoms with E-state index in [1.807, 2.05) is 0 Å². The first-order chi connectivity index (χ1) is 7.46. The van der Waals surface area contributed by atoms with E-state index in [0.29, 0.717) is 0 Å². The first-order valence-corrected chi connectivity index (χ1v) is 5.63. The molecule has 3 nitrogen and oxygen atoms in total. The summed E-state index contributed by atoms with van der Waals surface area (Å²) in [5, 5.41) is 0. The van der Waals surface area contributed by atoms with Crippen molar-refractivity contribution < 1.29 is 8.98 Å². The predicted molar refractivity (Wildman–Crippen MR) is 61.2 cm³/mol. The van der Waals surface area contributed by atoms with Gasteiger partial charge in [-0.05, 0) is 19.9 Å². The Balaban J connectivity index is 2.48. The molecule has 0 N–H and O–H groups in total. The van der Waals surface area contributed by atoms with Crippen molar-refractivity contribution in [1.82, 2.24) is 4.57 Å². The lowest BCUT2D eigenvalue weighted by atomic mass is 9.97. The van der Waals surface area contributed by atoms with Crippen LogP contribution in [0.4, 0.5) is 0 Å². The average molecular weight is 217 g/mol. The summed E-state index contributed by atoms with van der Waals surface area (Å²) in [6.45, 7) is 8.78. The molecule has 1 aliphatic rings. The fourth-order valence-corrected chi connectivity index (χ4v) is 2.92. The third-order valence-electron chi connectivity index (χ3n) is 3.98. The van der Waals surface area contributed by atoms with E-state index < -0.39 is 0 Å². The maximum atomic E-state index is 5.65. The molecule has 0 aromatic carbocycles. The van der Waals surface area contributed by atoms with E-state index in [1.54, 1.807) is 6.26 Å². The molecule has 0 saturated carbocycles. The summed E-state index contributed by atoms with van der Waals surface area (Å²) in [6.07, 6.45) is 1.79. The second kappa shape index (κ2) is 2.59. The Morgan fingerprint density at radius 2 is 2.00 bits per heavy atom. The zero-order valence-electron chi connectivity index (χ0n) is 10.5. The number of nitrogens with zero attached hydrogens (tertiary/aromatic N) is 2. The lowest BCUT2D eigenvalue weighted by Gasteiger charge is -2.16.